The van der Waals surface area contributed by atoms with Crippen LogP contribution in [0.15, 0.2) is 51.4 Å². The Kier molecular flexibility index (Phi) is 5.17. The minimum Gasteiger partial charge on any atom is -0.497 e. The standard InChI is InChI=1S/C16H15N3O3S2/c1-10(14(20)17-11-5-3-6-12(9-11)21-2)24-16-19-18-15(22-16)13-7-4-8-23-13/h3-10H,1-2H3,(H,17,20)/t10-/m1/s1. The Morgan fingerprint density at radius 2 is 2.21 bits per heavy atom. The van der Waals surface area contributed by atoms with E-state index in [1.807, 2.05) is 29.6 Å². The number of nitrogens with one attached hydrogen (secondary N) is 1. The lowest BCUT2D eigenvalue weighted by molar-refractivity contribution is -0.115. The number of amides is 1. The van der Waals surface area contributed by atoms with Gasteiger partial charge in [0.15, 0.2) is 0 Å². The summed E-state index contributed by atoms with van der Waals surface area (Å²) in [4.78, 5) is 13.2. The van der Waals surface area contributed by atoms with Gasteiger partial charge in [0.1, 0.15) is 5.75 Å². The van der Waals surface area contributed by atoms with Crippen molar-refractivity contribution in [2.75, 3.05) is 12.4 Å². The predicted octanol–water partition coefficient (Wildman–Crippen LogP) is 3.93. The highest BCUT2D eigenvalue weighted by Crippen LogP contribution is 2.29. The molecule has 3 rings (SSSR count). The normalized spacial score (nSPS) is 11.9. The number of anilines is 1. The van der Waals surface area contributed by atoms with Crippen molar-refractivity contribution in [3.05, 3.63) is 41.8 Å². The summed E-state index contributed by atoms with van der Waals surface area (Å²) in [7, 11) is 1.58. The van der Waals surface area contributed by atoms with Crippen LogP contribution in [0.2, 0.25) is 0 Å². The molecule has 124 valence electrons. The topological polar surface area (TPSA) is 77.2 Å². The highest BCUT2D eigenvalue weighted by atomic mass is 32.2. The van der Waals surface area contributed by atoms with Gasteiger partial charge >= 0.3 is 0 Å². The molecule has 1 aromatic carbocycles. The summed E-state index contributed by atoms with van der Waals surface area (Å²) in [5, 5.41) is 12.8. The first-order valence-corrected chi connectivity index (χ1v) is 8.90. The number of carbonyl (C=O) groups is 1. The summed E-state index contributed by atoms with van der Waals surface area (Å²) in [6.07, 6.45) is 0. The van der Waals surface area contributed by atoms with Gasteiger partial charge in [0.05, 0.1) is 17.2 Å². The molecule has 0 spiro atoms. The number of hydrogen-bond acceptors (Lipinski definition) is 7. The molecular weight excluding hydrogens is 346 g/mol. The summed E-state index contributed by atoms with van der Waals surface area (Å²) in [5.74, 6) is 1.00. The fraction of sp³-hybridized carbons (Fsp3) is 0.188. The van der Waals surface area contributed by atoms with Gasteiger partial charge in [-0.05, 0) is 30.5 Å². The van der Waals surface area contributed by atoms with Gasteiger partial charge in [0, 0.05) is 11.8 Å². The van der Waals surface area contributed by atoms with E-state index in [0.29, 0.717) is 22.6 Å². The van der Waals surface area contributed by atoms with Crippen LogP contribution in [0, 0.1) is 0 Å². The van der Waals surface area contributed by atoms with E-state index in [-0.39, 0.29) is 11.2 Å². The van der Waals surface area contributed by atoms with Crippen molar-refractivity contribution in [3.63, 3.8) is 0 Å². The molecule has 1 N–H and O–H groups in total. The number of thiophene rings is 1. The SMILES string of the molecule is COc1cccc(NC(=O)[C@@H](C)Sc2nnc(-c3cccs3)o2)c1. The summed E-state index contributed by atoms with van der Waals surface area (Å²) in [5.41, 5.74) is 0.677. The molecular formula is C16H15N3O3S2. The summed E-state index contributed by atoms with van der Waals surface area (Å²) >= 11 is 2.74. The van der Waals surface area contributed by atoms with E-state index in [4.69, 9.17) is 9.15 Å². The molecule has 24 heavy (non-hydrogen) atoms. The van der Waals surface area contributed by atoms with Crippen molar-refractivity contribution in [1.29, 1.82) is 0 Å². The predicted molar refractivity (Wildman–Crippen MR) is 94.6 cm³/mol. The van der Waals surface area contributed by atoms with Crippen LogP contribution in [0.25, 0.3) is 10.8 Å². The number of hydrogen-bond donors (Lipinski definition) is 1. The van der Waals surface area contributed by atoms with Crippen molar-refractivity contribution < 1.29 is 13.9 Å². The zero-order valence-corrected chi connectivity index (χ0v) is 14.7. The first-order chi connectivity index (χ1) is 11.7. The fourth-order valence-corrected chi connectivity index (χ4v) is 3.23. The van der Waals surface area contributed by atoms with Crippen LogP contribution in [0.5, 0.6) is 5.75 Å². The molecule has 1 atom stereocenters. The number of aromatic nitrogens is 2. The van der Waals surface area contributed by atoms with Crippen LogP contribution in [-0.2, 0) is 4.79 Å². The van der Waals surface area contributed by atoms with Crippen LogP contribution in [0.4, 0.5) is 5.69 Å². The molecule has 1 amide bonds. The van der Waals surface area contributed by atoms with Crippen LogP contribution in [0.3, 0.4) is 0 Å². The van der Waals surface area contributed by atoms with Gasteiger partial charge in [-0.25, -0.2) is 0 Å². The maximum absolute atomic E-state index is 12.3. The maximum Gasteiger partial charge on any atom is 0.277 e. The Morgan fingerprint density at radius 3 is 2.96 bits per heavy atom. The van der Waals surface area contributed by atoms with Crippen molar-refractivity contribution in [1.82, 2.24) is 10.2 Å². The maximum atomic E-state index is 12.3. The number of methoxy groups -OCH3 is 1. The van der Waals surface area contributed by atoms with Gasteiger partial charge in [0.2, 0.25) is 5.91 Å². The van der Waals surface area contributed by atoms with E-state index >= 15 is 0 Å². The molecule has 0 aliphatic rings. The molecule has 0 aliphatic carbocycles. The fourth-order valence-electron chi connectivity index (χ4n) is 1.91. The average molecular weight is 361 g/mol. The smallest absolute Gasteiger partial charge is 0.277 e. The second-order valence-corrected chi connectivity index (χ2v) is 7.07. The first-order valence-electron chi connectivity index (χ1n) is 7.14. The van der Waals surface area contributed by atoms with Crippen LogP contribution in [0.1, 0.15) is 6.92 Å². The first kappa shape index (κ1) is 16.5. The molecule has 0 unspecified atom stereocenters. The van der Waals surface area contributed by atoms with Gasteiger partial charge in [-0.1, -0.05) is 23.9 Å². The summed E-state index contributed by atoms with van der Waals surface area (Å²) in [6, 6.07) is 11.0. The minimum absolute atomic E-state index is 0.149. The van der Waals surface area contributed by atoms with Crippen molar-refractivity contribution in [3.8, 4) is 16.5 Å². The van der Waals surface area contributed by atoms with E-state index in [2.05, 4.69) is 15.5 Å². The molecule has 2 heterocycles. The van der Waals surface area contributed by atoms with Gasteiger partial charge < -0.3 is 14.5 Å². The lowest BCUT2D eigenvalue weighted by atomic mass is 10.3. The van der Waals surface area contributed by atoms with Crippen molar-refractivity contribution in [2.24, 2.45) is 0 Å². The quantitative estimate of drug-likeness (QED) is 0.671. The largest absolute Gasteiger partial charge is 0.497 e. The molecule has 0 fully saturated rings. The zero-order valence-electron chi connectivity index (χ0n) is 13.1. The third-order valence-electron chi connectivity index (χ3n) is 3.12. The van der Waals surface area contributed by atoms with Crippen molar-refractivity contribution in [2.45, 2.75) is 17.4 Å². The second kappa shape index (κ2) is 7.50. The lowest BCUT2D eigenvalue weighted by Crippen LogP contribution is -2.22. The van der Waals surface area contributed by atoms with Crippen LogP contribution >= 0.6 is 23.1 Å². The zero-order chi connectivity index (χ0) is 16.9. The second-order valence-electron chi connectivity index (χ2n) is 4.83. The van der Waals surface area contributed by atoms with E-state index in [1.165, 1.54) is 23.1 Å². The van der Waals surface area contributed by atoms with E-state index < -0.39 is 0 Å². The molecule has 0 bridgehead atoms. The van der Waals surface area contributed by atoms with Crippen LogP contribution in [-0.4, -0.2) is 28.5 Å². The van der Waals surface area contributed by atoms with Gasteiger partial charge in [-0.15, -0.1) is 21.5 Å². The number of carbonyl (C=O) groups excluding carboxylic acids is 1. The van der Waals surface area contributed by atoms with E-state index in [9.17, 15) is 4.79 Å². The highest BCUT2D eigenvalue weighted by molar-refractivity contribution is 8.00. The molecule has 3 aromatic rings. The third kappa shape index (κ3) is 3.95. The number of thioether (sulfide) groups is 1. The van der Waals surface area contributed by atoms with Gasteiger partial charge in [-0.2, -0.15) is 0 Å². The Bertz CT molecular complexity index is 818. The number of ether oxygens (including phenoxy) is 1. The molecule has 0 saturated heterocycles. The Morgan fingerprint density at radius 1 is 1.33 bits per heavy atom. The monoisotopic (exact) mass is 361 g/mol. The Balaban J connectivity index is 1.61. The highest BCUT2D eigenvalue weighted by Gasteiger charge is 2.19. The Labute approximate surface area is 147 Å². The number of benzene rings is 1. The molecule has 6 nitrogen and oxygen atoms in total. The summed E-state index contributed by atoms with van der Waals surface area (Å²) in [6.45, 7) is 1.79. The molecule has 0 aliphatic heterocycles. The average Bonchev–Trinajstić information content (AvgIpc) is 3.26. The minimum atomic E-state index is -0.382. The van der Waals surface area contributed by atoms with E-state index in [1.54, 1.807) is 26.2 Å². The summed E-state index contributed by atoms with van der Waals surface area (Å²) < 4.78 is 10.7. The van der Waals surface area contributed by atoms with Gasteiger partial charge in [0.25, 0.3) is 11.1 Å². The number of rotatable bonds is 6. The molecule has 0 saturated carbocycles. The Hall–Kier alpha value is -2.32. The third-order valence-corrected chi connectivity index (χ3v) is 4.91. The van der Waals surface area contributed by atoms with Crippen LogP contribution < -0.4 is 10.1 Å². The van der Waals surface area contributed by atoms with E-state index in [0.717, 1.165) is 4.88 Å². The van der Waals surface area contributed by atoms with Crippen molar-refractivity contribution >= 4 is 34.7 Å². The van der Waals surface area contributed by atoms with Gasteiger partial charge in [-0.3, -0.25) is 4.79 Å². The number of nitrogens with zero attached hydrogens (tertiary/aromatic N) is 2. The molecule has 0 radical (unpaired) electrons. The lowest BCUT2D eigenvalue weighted by Gasteiger charge is -2.10. The molecule has 8 heteroatoms. The molecule has 2 aromatic heterocycles.